The SMILES string of the molecule is Fc1ccc(CCNC(=S)Nc2ccc(Br)cc2)cc1. The molecule has 0 atom stereocenters. The third-order valence-electron chi connectivity index (χ3n) is 2.71. The summed E-state index contributed by atoms with van der Waals surface area (Å²) in [6.45, 7) is 0.702. The van der Waals surface area contributed by atoms with E-state index in [9.17, 15) is 4.39 Å². The summed E-state index contributed by atoms with van der Waals surface area (Å²) in [5.74, 6) is -0.214. The molecule has 5 heteroatoms. The number of hydrogen-bond donors (Lipinski definition) is 2. The molecule has 0 aliphatic carbocycles. The lowest BCUT2D eigenvalue weighted by molar-refractivity contribution is 0.627. The van der Waals surface area contributed by atoms with Gasteiger partial charge in [-0.2, -0.15) is 0 Å². The highest BCUT2D eigenvalue weighted by Crippen LogP contribution is 2.13. The summed E-state index contributed by atoms with van der Waals surface area (Å²) in [7, 11) is 0. The van der Waals surface area contributed by atoms with Crippen molar-refractivity contribution in [3.8, 4) is 0 Å². The van der Waals surface area contributed by atoms with Gasteiger partial charge in [-0.15, -0.1) is 0 Å². The number of benzene rings is 2. The first-order valence-corrected chi connectivity index (χ1v) is 7.38. The van der Waals surface area contributed by atoms with Crippen LogP contribution in [0.2, 0.25) is 0 Å². The molecule has 2 aromatic rings. The zero-order valence-corrected chi connectivity index (χ0v) is 13.1. The number of anilines is 1. The van der Waals surface area contributed by atoms with Gasteiger partial charge in [-0.05, 0) is 60.6 Å². The fourth-order valence-electron chi connectivity index (χ4n) is 1.68. The van der Waals surface area contributed by atoms with Crippen LogP contribution < -0.4 is 10.6 Å². The van der Waals surface area contributed by atoms with E-state index in [4.69, 9.17) is 12.2 Å². The topological polar surface area (TPSA) is 24.1 Å². The molecule has 0 aliphatic rings. The van der Waals surface area contributed by atoms with Crippen LogP contribution in [0.4, 0.5) is 10.1 Å². The Morgan fingerprint density at radius 1 is 1.05 bits per heavy atom. The summed E-state index contributed by atoms with van der Waals surface area (Å²) in [6.07, 6.45) is 0.794. The predicted octanol–water partition coefficient (Wildman–Crippen LogP) is 4.12. The zero-order chi connectivity index (χ0) is 14.4. The second-order valence-electron chi connectivity index (χ2n) is 4.26. The van der Waals surface area contributed by atoms with Crippen molar-refractivity contribution < 1.29 is 4.39 Å². The van der Waals surface area contributed by atoms with Gasteiger partial charge >= 0.3 is 0 Å². The number of rotatable bonds is 4. The molecular weight excluding hydrogens is 339 g/mol. The summed E-state index contributed by atoms with van der Waals surface area (Å²) in [4.78, 5) is 0. The molecule has 0 fully saturated rings. The molecule has 2 rings (SSSR count). The van der Waals surface area contributed by atoms with Crippen molar-refractivity contribution in [1.29, 1.82) is 0 Å². The van der Waals surface area contributed by atoms with Gasteiger partial charge in [-0.3, -0.25) is 0 Å². The Labute approximate surface area is 131 Å². The summed E-state index contributed by atoms with van der Waals surface area (Å²) in [5.41, 5.74) is 2.01. The maximum Gasteiger partial charge on any atom is 0.170 e. The van der Waals surface area contributed by atoms with Crippen LogP contribution in [-0.2, 0) is 6.42 Å². The zero-order valence-electron chi connectivity index (χ0n) is 10.7. The van der Waals surface area contributed by atoms with Crippen molar-refractivity contribution >= 4 is 38.9 Å². The lowest BCUT2D eigenvalue weighted by Crippen LogP contribution is -2.30. The highest BCUT2D eigenvalue weighted by atomic mass is 79.9. The van der Waals surface area contributed by atoms with Crippen LogP contribution in [0.3, 0.4) is 0 Å². The van der Waals surface area contributed by atoms with Crippen molar-refractivity contribution in [1.82, 2.24) is 5.32 Å². The first-order chi connectivity index (χ1) is 9.63. The Morgan fingerprint density at radius 3 is 2.35 bits per heavy atom. The number of thiocarbonyl (C=S) groups is 1. The van der Waals surface area contributed by atoms with Crippen LogP contribution >= 0.6 is 28.1 Å². The Morgan fingerprint density at radius 2 is 1.70 bits per heavy atom. The molecule has 0 bridgehead atoms. The molecule has 0 amide bonds. The Hall–Kier alpha value is -1.46. The van der Waals surface area contributed by atoms with Gasteiger partial charge in [0.25, 0.3) is 0 Å². The van der Waals surface area contributed by atoms with Crippen LogP contribution in [0.15, 0.2) is 53.0 Å². The third-order valence-corrected chi connectivity index (χ3v) is 3.49. The molecule has 20 heavy (non-hydrogen) atoms. The van der Waals surface area contributed by atoms with Crippen LogP contribution in [0.25, 0.3) is 0 Å². The highest BCUT2D eigenvalue weighted by molar-refractivity contribution is 9.10. The van der Waals surface area contributed by atoms with E-state index in [1.165, 1.54) is 12.1 Å². The van der Waals surface area contributed by atoms with Gasteiger partial charge < -0.3 is 10.6 Å². The molecule has 0 saturated carbocycles. The van der Waals surface area contributed by atoms with Crippen LogP contribution in [-0.4, -0.2) is 11.7 Å². The highest BCUT2D eigenvalue weighted by Gasteiger charge is 1.98. The van der Waals surface area contributed by atoms with Gasteiger partial charge in [0, 0.05) is 16.7 Å². The first kappa shape index (κ1) is 14.9. The van der Waals surface area contributed by atoms with Gasteiger partial charge in [0.1, 0.15) is 5.82 Å². The molecule has 2 aromatic carbocycles. The third kappa shape index (κ3) is 4.90. The minimum atomic E-state index is -0.214. The van der Waals surface area contributed by atoms with Gasteiger partial charge in [-0.1, -0.05) is 28.1 Å². The molecule has 0 aromatic heterocycles. The molecule has 104 valence electrons. The van der Waals surface area contributed by atoms with Gasteiger partial charge in [0.15, 0.2) is 5.11 Å². The van der Waals surface area contributed by atoms with E-state index in [1.807, 2.05) is 24.3 Å². The minimum absolute atomic E-state index is 0.214. The Kier molecular flexibility index (Phi) is 5.49. The van der Waals surface area contributed by atoms with E-state index in [2.05, 4.69) is 26.6 Å². The number of nitrogens with one attached hydrogen (secondary N) is 2. The molecule has 2 N–H and O–H groups in total. The van der Waals surface area contributed by atoms with Crippen molar-refractivity contribution in [2.75, 3.05) is 11.9 Å². The van der Waals surface area contributed by atoms with Crippen LogP contribution in [0, 0.1) is 5.82 Å². The molecule has 2 nitrogen and oxygen atoms in total. The van der Waals surface area contributed by atoms with E-state index in [0.29, 0.717) is 11.7 Å². The second kappa shape index (κ2) is 7.36. The van der Waals surface area contributed by atoms with E-state index in [1.54, 1.807) is 12.1 Å². The standard InChI is InChI=1S/C15H14BrFN2S/c16-12-3-7-14(8-4-12)19-15(20)18-10-9-11-1-5-13(17)6-2-11/h1-8H,9-10H2,(H2,18,19,20). The van der Waals surface area contributed by atoms with E-state index in [-0.39, 0.29) is 5.82 Å². The lowest BCUT2D eigenvalue weighted by Gasteiger charge is -2.10. The predicted molar refractivity (Wildman–Crippen MR) is 88.5 cm³/mol. The number of hydrogen-bond acceptors (Lipinski definition) is 1. The van der Waals surface area contributed by atoms with Crippen molar-refractivity contribution in [3.63, 3.8) is 0 Å². The maximum atomic E-state index is 12.8. The molecule has 0 radical (unpaired) electrons. The maximum absolute atomic E-state index is 12.8. The van der Waals surface area contributed by atoms with Crippen LogP contribution in [0.1, 0.15) is 5.56 Å². The fourth-order valence-corrected chi connectivity index (χ4v) is 2.16. The van der Waals surface area contributed by atoms with Crippen LogP contribution in [0.5, 0.6) is 0 Å². The molecule has 0 saturated heterocycles. The van der Waals surface area contributed by atoms with E-state index < -0.39 is 0 Å². The second-order valence-corrected chi connectivity index (χ2v) is 5.59. The average molecular weight is 353 g/mol. The Balaban J connectivity index is 1.75. The quantitative estimate of drug-likeness (QED) is 0.809. The lowest BCUT2D eigenvalue weighted by atomic mass is 10.1. The molecule has 0 heterocycles. The largest absolute Gasteiger partial charge is 0.362 e. The molecule has 0 unspecified atom stereocenters. The smallest absolute Gasteiger partial charge is 0.170 e. The van der Waals surface area contributed by atoms with Gasteiger partial charge in [0.2, 0.25) is 0 Å². The summed E-state index contributed by atoms with van der Waals surface area (Å²) < 4.78 is 13.8. The number of halogens is 2. The Bertz CT molecular complexity index is 569. The average Bonchev–Trinajstić information content (AvgIpc) is 2.44. The normalized spacial score (nSPS) is 10.1. The summed E-state index contributed by atoms with van der Waals surface area (Å²) in [6, 6.07) is 14.3. The van der Waals surface area contributed by atoms with Crippen molar-refractivity contribution in [2.24, 2.45) is 0 Å². The van der Waals surface area contributed by atoms with Crippen molar-refractivity contribution in [2.45, 2.75) is 6.42 Å². The molecule has 0 spiro atoms. The van der Waals surface area contributed by atoms with E-state index in [0.717, 1.165) is 22.1 Å². The first-order valence-electron chi connectivity index (χ1n) is 6.18. The minimum Gasteiger partial charge on any atom is -0.362 e. The summed E-state index contributed by atoms with van der Waals surface area (Å²) in [5, 5.41) is 6.81. The van der Waals surface area contributed by atoms with Crippen molar-refractivity contribution in [3.05, 3.63) is 64.4 Å². The molecular formula is C15H14BrFN2S. The molecule has 0 aliphatic heterocycles. The van der Waals surface area contributed by atoms with Gasteiger partial charge in [-0.25, -0.2) is 4.39 Å². The fraction of sp³-hybridized carbons (Fsp3) is 0.133. The van der Waals surface area contributed by atoms with Gasteiger partial charge in [0.05, 0.1) is 0 Å². The summed E-state index contributed by atoms with van der Waals surface area (Å²) >= 11 is 8.59. The monoisotopic (exact) mass is 352 g/mol. The van der Waals surface area contributed by atoms with E-state index >= 15 is 0 Å².